The van der Waals surface area contributed by atoms with E-state index in [9.17, 15) is 0 Å². The van der Waals surface area contributed by atoms with Crippen molar-refractivity contribution < 1.29 is 13.3 Å². The molecule has 0 N–H and O–H groups in total. The Bertz CT molecular complexity index is 138. The highest BCUT2D eigenvalue weighted by Gasteiger charge is 2.34. The first-order valence-corrected chi connectivity index (χ1v) is 8.69. The van der Waals surface area contributed by atoms with Crippen molar-refractivity contribution in [3.05, 3.63) is 6.55 Å². The minimum absolute atomic E-state index is 0.636. The summed E-state index contributed by atoms with van der Waals surface area (Å²) in [6, 6.07) is 0. The van der Waals surface area contributed by atoms with Gasteiger partial charge in [-0.3, -0.25) is 0 Å². The van der Waals surface area contributed by atoms with Crippen molar-refractivity contribution in [2.45, 2.75) is 59.3 Å². The van der Waals surface area contributed by atoms with Gasteiger partial charge < -0.3 is 13.3 Å². The lowest BCUT2D eigenvalue weighted by atomic mass is 10.4. The molecule has 0 saturated heterocycles. The van der Waals surface area contributed by atoms with Crippen molar-refractivity contribution in [3.8, 4) is 0 Å². The molecule has 0 aromatic carbocycles. The average Bonchev–Trinajstić information content (AvgIpc) is 2.30. The van der Waals surface area contributed by atoms with Gasteiger partial charge >= 0.3 is 8.80 Å². The van der Waals surface area contributed by atoms with Gasteiger partial charge in [0.05, 0.1) is 0 Å². The van der Waals surface area contributed by atoms with Gasteiger partial charge in [0.25, 0.3) is 0 Å². The molecule has 0 spiro atoms. The molecule has 0 aliphatic carbocycles. The third-order valence-electron chi connectivity index (χ3n) is 2.40. The lowest BCUT2D eigenvalue weighted by Gasteiger charge is -2.25. The van der Waals surface area contributed by atoms with Gasteiger partial charge in [-0.1, -0.05) is 40.0 Å². The SMILES string of the molecule is [CH][Si](OCCCC)(OCCCC)OCCCC. The van der Waals surface area contributed by atoms with Gasteiger partial charge in [0, 0.05) is 26.4 Å². The molecule has 0 rings (SSSR count). The van der Waals surface area contributed by atoms with Crippen LogP contribution in [-0.4, -0.2) is 28.6 Å². The molecule has 102 valence electrons. The van der Waals surface area contributed by atoms with Crippen molar-refractivity contribution in [2.24, 2.45) is 0 Å². The summed E-state index contributed by atoms with van der Waals surface area (Å²) >= 11 is 0. The average molecular weight is 260 g/mol. The van der Waals surface area contributed by atoms with E-state index in [1.54, 1.807) is 0 Å². The second kappa shape index (κ2) is 11.2. The molecular weight excluding hydrogens is 232 g/mol. The van der Waals surface area contributed by atoms with Crippen LogP contribution in [-0.2, 0) is 13.3 Å². The molecule has 0 aliphatic rings. The maximum Gasteiger partial charge on any atom is 0.504 e. The lowest BCUT2D eigenvalue weighted by Crippen LogP contribution is -2.44. The van der Waals surface area contributed by atoms with Crippen molar-refractivity contribution in [1.82, 2.24) is 0 Å². The molecule has 0 saturated carbocycles. The van der Waals surface area contributed by atoms with Gasteiger partial charge in [0.15, 0.2) is 0 Å². The number of hydrogen-bond donors (Lipinski definition) is 0. The molecule has 0 atom stereocenters. The summed E-state index contributed by atoms with van der Waals surface area (Å²) in [7, 11) is -2.86. The highest BCUT2D eigenvalue weighted by atomic mass is 28.4. The Morgan fingerprint density at radius 3 is 1.24 bits per heavy atom. The molecule has 4 heteroatoms. The van der Waals surface area contributed by atoms with E-state index >= 15 is 0 Å². The molecule has 0 unspecified atom stereocenters. The molecule has 2 radical (unpaired) electrons. The molecule has 0 bridgehead atoms. The van der Waals surface area contributed by atoms with Crippen molar-refractivity contribution >= 4 is 8.80 Å². The van der Waals surface area contributed by atoms with Gasteiger partial charge in [-0.2, -0.15) is 0 Å². The van der Waals surface area contributed by atoms with Crippen LogP contribution < -0.4 is 0 Å². The Balaban J connectivity index is 3.95. The van der Waals surface area contributed by atoms with Crippen LogP contribution in [0.1, 0.15) is 59.3 Å². The van der Waals surface area contributed by atoms with Crippen LogP contribution >= 0.6 is 0 Å². The molecule has 17 heavy (non-hydrogen) atoms. The zero-order valence-corrected chi connectivity index (χ0v) is 12.7. The monoisotopic (exact) mass is 260 g/mol. The minimum Gasteiger partial charge on any atom is -0.373 e. The van der Waals surface area contributed by atoms with Gasteiger partial charge in [0.1, 0.15) is 0 Å². The highest BCUT2D eigenvalue weighted by Crippen LogP contribution is 2.11. The van der Waals surface area contributed by atoms with Crippen LogP contribution in [0.3, 0.4) is 0 Å². The molecule has 0 aromatic heterocycles. The van der Waals surface area contributed by atoms with Crippen LogP contribution in [0.25, 0.3) is 0 Å². The van der Waals surface area contributed by atoms with Crippen molar-refractivity contribution in [3.63, 3.8) is 0 Å². The summed E-state index contributed by atoms with van der Waals surface area (Å²) in [5, 5.41) is 0. The van der Waals surface area contributed by atoms with E-state index in [2.05, 4.69) is 20.8 Å². The van der Waals surface area contributed by atoms with Gasteiger partial charge in [-0.15, -0.1) is 0 Å². The van der Waals surface area contributed by atoms with Crippen LogP contribution in [0.4, 0.5) is 0 Å². The van der Waals surface area contributed by atoms with Crippen molar-refractivity contribution in [1.29, 1.82) is 0 Å². The fourth-order valence-corrected chi connectivity index (χ4v) is 2.74. The van der Waals surface area contributed by atoms with Gasteiger partial charge in [0.2, 0.25) is 0 Å². The Hall–Kier alpha value is 0.0969. The van der Waals surface area contributed by atoms with E-state index in [-0.39, 0.29) is 0 Å². The first-order valence-electron chi connectivity index (χ1n) is 6.89. The van der Waals surface area contributed by atoms with E-state index in [4.69, 9.17) is 19.8 Å². The van der Waals surface area contributed by atoms with Crippen LogP contribution in [0.15, 0.2) is 0 Å². The van der Waals surface area contributed by atoms with Crippen LogP contribution in [0.5, 0.6) is 0 Å². The lowest BCUT2D eigenvalue weighted by molar-refractivity contribution is 0.0677. The largest absolute Gasteiger partial charge is 0.504 e. The first kappa shape index (κ1) is 17.1. The summed E-state index contributed by atoms with van der Waals surface area (Å²) in [6.45, 7) is 14.4. The zero-order valence-electron chi connectivity index (χ0n) is 11.7. The second-order valence-electron chi connectivity index (χ2n) is 4.21. The predicted molar refractivity (Wildman–Crippen MR) is 72.6 cm³/mol. The van der Waals surface area contributed by atoms with E-state index < -0.39 is 8.80 Å². The third kappa shape index (κ3) is 9.77. The third-order valence-corrected chi connectivity index (χ3v) is 4.22. The van der Waals surface area contributed by atoms with Gasteiger partial charge in [-0.25, -0.2) is 0 Å². The molecule has 0 aromatic rings. The second-order valence-corrected chi connectivity index (χ2v) is 6.28. The normalized spacial score (nSPS) is 12.0. The van der Waals surface area contributed by atoms with E-state index in [0.717, 1.165) is 38.5 Å². The Morgan fingerprint density at radius 1 is 0.706 bits per heavy atom. The smallest absolute Gasteiger partial charge is 0.373 e. The van der Waals surface area contributed by atoms with Crippen LogP contribution in [0, 0.1) is 6.55 Å². The summed E-state index contributed by atoms with van der Waals surface area (Å²) in [5.41, 5.74) is 0. The summed E-state index contributed by atoms with van der Waals surface area (Å²) in [4.78, 5) is 0. The standard InChI is InChI=1S/C13H28O3Si/c1-5-8-11-14-17(4,15-12-9-6-2)16-13-10-7-3/h4H,5-13H2,1-3H3. The Labute approximate surface area is 108 Å². The molecule has 0 amide bonds. The summed E-state index contributed by atoms with van der Waals surface area (Å²) in [5.74, 6) is 0. The maximum absolute atomic E-state index is 6.09. The Morgan fingerprint density at radius 2 is 1.00 bits per heavy atom. The highest BCUT2D eigenvalue weighted by molar-refractivity contribution is 6.62. The van der Waals surface area contributed by atoms with Crippen molar-refractivity contribution in [2.75, 3.05) is 19.8 Å². The number of hydrogen-bond acceptors (Lipinski definition) is 3. The topological polar surface area (TPSA) is 27.7 Å². The molecule has 3 nitrogen and oxygen atoms in total. The van der Waals surface area contributed by atoms with E-state index in [1.807, 2.05) is 0 Å². The summed E-state index contributed by atoms with van der Waals surface area (Å²) in [6.07, 6.45) is 6.28. The van der Waals surface area contributed by atoms with E-state index in [0.29, 0.717) is 19.8 Å². The zero-order chi connectivity index (χ0) is 13.0. The fourth-order valence-electron chi connectivity index (χ4n) is 1.20. The predicted octanol–water partition coefficient (Wildman–Crippen LogP) is 3.63. The summed E-state index contributed by atoms with van der Waals surface area (Å²) < 4.78 is 16.9. The first-order chi connectivity index (χ1) is 8.18. The van der Waals surface area contributed by atoms with Crippen LogP contribution in [0.2, 0.25) is 0 Å². The molecule has 0 fully saturated rings. The molecular formula is C13H28O3Si. The Kier molecular flexibility index (Phi) is 11.3. The number of rotatable bonds is 12. The number of unbranched alkanes of at least 4 members (excludes halogenated alkanes) is 3. The quantitative estimate of drug-likeness (QED) is 0.396. The van der Waals surface area contributed by atoms with E-state index in [1.165, 1.54) is 0 Å². The minimum atomic E-state index is -2.86. The van der Waals surface area contributed by atoms with Gasteiger partial charge in [-0.05, 0) is 19.3 Å². The molecule has 0 aliphatic heterocycles. The molecule has 0 heterocycles. The fraction of sp³-hybridized carbons (Fsp3) is 0.923. The maximum atomic E-state index is 6.09.